The standard InChI is InChI=1S/C13H16O4/c1-2-6-10(12(14)15)11(13(16)17)9-7-4-3-5-8-9/h3-5,7-8,10-11H,2,6H2,1H3,(H,14,15)(H,16,17). The van der Waals surface area contributed by atoms with Crippen LogP contribution in [0.1, 0.15) is 31.2 Å². The Morgan fingerprint density at radius 3 is 2.12 bits per heavy atom. The van der Waals surface area contributed by atoms with Crippen molar-refractivity contribution in [1.82, 2.24) is 0 Å². The summed E-state index contributed by atoms with van der Waals surface area (Å²) in [5.74, 6) is -3.99. The Hall–Kier alpha value is -1.84. The minimum Gasteiger partial charge on any atom is -0.481 e. The number of carbonyl (C=O) groups is 2. The number of rotatable bonds is 6. The summed E-state index contributed by atoms with van der Waals surface area (Å²) in [7, 11) is 0. The van der Waals surface area contributed by atoms with E-state index in [4.69, 9.17) is 5.11 Å². The van der Waals surface area contributed by atoms with Crippen LogP contribution in [0.15, 0.2) is 30.3 Å². The maximum atomic E-state index is 11.3. The van der Waals surface area contributed by atoms with E-state index >= 15 is 0 Å². The third-order valence-electron chi connectivity index (χ3n) is 2.74. The molecule has 4 heteroatoms. The van der Waals surface area contributed by atoms with Gasteiger partial charge in [-0.25, -0.2) is 0 Å². The molecule has 0 spiro atoms. The van der Waals surface area contributed by atoms with Crippen LogP contribution in [0.4, 0.5) is 0 Å². The molecular formula is C13H16O4. The van der Waals surface area contributed by atoms with Gasteiger partial charge in [0.05, 0.1) is 11.8 Å². The molecule has 1 aromatic rings. The predicted octanol–water partition coefficient (Wildman–Crippen LogP) is 2.36. The molecule has 2 atom stereocenters. The summed E-state index contributed by atoms with van der Waals surface area (Å²) in [5, 5.41) is 18.3. The summed E-state index contributed by atoms with van der Waals surface area (Å²) in [6, 6.07) is 8.53. The van der Waals surface area contributed by atoms with Gasteiger partial charge < -0.3 is 10.2 Å². The average Bonchev–Trinajstić information content (AvgIpc) is 2.29. The molecule has 0 aliphatic rings. The van der Waals surface area contributed by atoms with E-state index in [1.807, 2.05) is 6.92 Å². The third-order valence-corrected chi connectivity index (χ3v) is 2.74. The molecule has 0 aliphatic carbocycles. The zero-order valence-corrected chi connectivity index (χ0v) is 9.67. The summed E-state index contributed by atoms with van der Waals surface area (Å²) in [6.07, 6.45) is 1.01. The van der Waals surface area contributed by atoms with E-state index in [1.165, 1.54) is 0 Å². The molecule has 17 heavy (non-hydrogen) atoms. The second-order valence-electron chi connectivity index (χ2n) is 3.96. The van der Waals surface area contributed by atoms with E-state index in [2.05, 4.69) is 0 Å². The third kappa shape index (κ3) is 3.31. The number of hydrogen-bond donors (Lipinski definition) is 2. The molecule has 1 aromatic carbocycles. The second-order valence-corrected chi connectivity index (χ2v) is 3.96. The van der Waals surface area contributed by atoms with Crippen molar-refractivity contribution in [2.75, 3.05) is 0 Å². The maximum absolute atomic E-state index is 11.3. The molecular weight excluding hydrogens is 220 g/mol. The summed E-state index contributed by atoms with van der Waals surface area (Å²) in [4.78, 5) is 22.4. The highest BCUT2D eigenvalue weighted by Gasteiger charge is 2.34. The van der Waals surface area contributed by atoms with Gasteiger partial charge in [-0.3, -0.25) is 9.59 Å². The van der Waals surface area contributed by atoms with Gasteiger partial charge in [0, 0.05) is 0 Å². The Morgan fingerprint density at radius 1 is 1.12 bits per heavy atom. The highest BCUT2D eigenvalue weighted by atomic mass is 16.4. The first-order chi connectivity index (χ1) is 8.07. The Bertz CT molecular complexity index is 386. The van der Waals surface area contributed by atoms with Crippen LogP contribution in [0.3, 0.4) is 0 Å². The van der Waals surface area contributed by atoms with E-state index in [9.17, 15) is 14.7 Å². The quantitative estimate of drug-likeness (QED) is 0.795. The Labute approximate surface area is 99.9 Å². The molecule has 4 nitrogen and oxygen atoms in total. The SMILES string of the molecule is CCCC(C(=O)O)C(C(=O)O)c1ccccc1. The van der Waals surface area contributed by atoms with Crippen molar-refractivity contribution in [2.24, 2.45) is 5.92 Å². The molecule has 0 bridgehead atoms. The number of hydrogen-bond acceptors (Lipinski definition) is 2. The molecule has 0 aromatic heterocycles. The monoisotopic (exact) mass is 236 g/mol. The lowest BCUT2D eigenvalue weighted by molar-refractivity contribution is -0.150. The normalized spacial score (nSPS) is 13.9. The molecule has 0 heterocycles. The summed E-state index contributed by atoms with van der Waals surface area (Å²) in [5.41, 5.74) is 0.542. The highest BCUT2D eigenvalue weighted by Crippen LogP contribution is 2.28. The van der Waals surface area contributed by atoms with Crippen molar-refractivity contribution < 1.29 is 19.8 Å². The Kier molecular flexibility index (Phi) is 4.69. The van der Waals surface area contributed by atoms with Gasteiger partial charge in [0.25, 0.3) is 0 Å². The van der Waals surface area contributed by atoms with Crippen LogP contribution in [0, 0.1) is 5.92 Å². The summed E-state index contributed by atoms with van der Waals surface area (Å²) in [6.45, 7) is 1.85. The van der Waals surface area contributed by atoms with Gasteiger partial charge >= 0.3 is 11.9 Å². The Morgan fingerprint density at radius 2 is 1.71 bits per heavy atom. The fraction of sp³-hybridized carbons (Fsp3) is 0.385. The molecule has 0 saturated carbocycles. The van der Waals surface area contributed by atoms with Crippen LogP contribution < -0.4 is 0 Å². The van der Waals surface area contributed by atoms with Crippen molar-refractivity contribution in [2.45, 2.75) is 25.7 Å². The van der Waals surface area contributed by atoms with Gasteiger partial charge in [-0.15, -0.1) is 0 Å². The smallest absolute Gasteiger partial charge is 0.311 e. The van der Waals surface area contributed by atoms with Gasteiger partial charge in [-0.2, -0.15) is 0 Å². The van der Waals surface area contributed by atoms with Crippen LogP contribution in [-0.2, 0) is 9.59 Å². The fourth-order valence-corrected chi connectivity index (χ4v) is 1.95. The lowest BCUT2D eigenvalue weighted by Gasteiger charge is -2.20. The zero-order chi connectivity index (χ0) is 12.8. The fourth-order valence-electron chi connectivity index (χ4n) is 1.95. The molecule has 0 amide bonds. The molecule has 0 saturated heterocycles. The van der Waals surface area contributed by atoms with E-state index in [0.29, 0.717) is 18.4 Å². The molecule has 1 rings (SSSR count). The van der Waals surface area contributed by atoms with E-state index in [0.717, 1.165) is 0 Å². The molecule has 2 N–H and O–H groups in total. The maximum Gasteiger partial charge on any atom is 0.311 e. The average molecular weight is 236 g/mol. The molecule has 0 aliphatic heterocycles. The van der Waals surface area contributed by atoms with Crippen LogP contribution in [0.2, 0.25) is 0 Å². The van der Waals surface area contributed by atoms with Gasteiger partial charge in [-0.1, -0.05) is 43.7 Å². The largest absolute Gasteiger partial charge is 0.481 e. The van der Waals surface area contributed by atoms with E-state index in [-0.39, 0.29) is 0 Å². The molecule has 2 unspecified atom stereocenters. The van der Waals surface area contributed by atoms with E-state index in [1.54, 1.807) is 30.3 Å². The molecule has 92 valence electrons. The first-order valence-electron chi connectivity index (χ1n) is 5.58. The lowest BCUT2D eigenvalue weighted by Crippen LogP contribution is -2.28. The van der Waals surface area contributed by atoms with Crippen molar-refractivity contribution in [3.05, 3.63) is 35.9 Å². The van der Waals surface area contributed by atoms with Crippen molar-refractivity contribution in [3.63, 3.8) is 0 Å². The minimum absolute atomic E-state index is 0.362. The highest BCUT2D eigenvalue weighted by molar-refractivity contribution is 5.84. The Balaban J connectivity index is 3.07. The van der Waals surface area contributed by atoms with Crippen LogP contribution in [-0.4, -0.2) is 22.2 Å². The van der Waals surface area contributed by atoms with Crippen LogP contribution >= 0.6 is 0 Å². The van der Waals surface area contributed by atoms with Crippen molar-refractivity contribution in [3.8, 4) is 0 Å². The first-order valence-corrected chi connectivity index (χ1v) is 5.58. The van der Waals surface area contributed by atoms with Crippen molar-refractivity contribution >= 4 is 11.9 Å². The van der Waals surface area contributed by atoms with Gasteiger partial charge in [0.1, 0.15) is 0 Å². The number of carboxylic acids is 2. The predicted molar refractivity (Wildman–Crippen MR) is 62.9 cm³/mol. The van der Waals surface area contributed by atoms with E-state index < -0.39 is 23.8 Å². The zero-order valence-electron chi connectivity index (χ0n) is 9.67. The molecule has 0 radical (unpaired) electrons. The lowest BCUT2D eigenvalue weighted by atomic mass is 9.83. The van der Waals surface area contributed by atoms with Crippen molar-refractivity contribution in [1.29, 1.82) is 0 Å². The second kappa shape index (κ2) is 6.03. The minimum atomic E-state index is -1.09. The number of benzene rings is 1. The van der Waals surface area contributed by atoms with Gasteiger partial charge in [0.15, 0.2) is 0 Å². The first kappa shape index (κ1) is 13.2. The van der Waals surface area contributed by atoms with Gasteiger partial charge in [0.2, 0.25) is 0 Å². The topological polar surface area (TPSA) is 74.6 Å². The van der Waals surface area contributed by atoms with Crippen LogP contribution in [0.5, 0.6) is 0 Å². The summed E-state index contributed by atoms with van der Waals surface area (Å²) >= 11 is 0. The summed E-state index contributed by atoms with van der Waals surface area (Å²) < 4.78 is 0. The number of aliphatic carboxylic acids is 2. The van der Waals surface area contributed by atoms with Gasteiger partial charge in [-0.05, 0) is 12.0 Å². The van der Waals surface area contributed by atoms with Crippen LogP contribution in [0.25, 0.3) is 0 Å². The number of carboxylic acid groups (broad SMARTS) is 2. The molecule has 0 fully saturated rings.